The highest BCUT2D eigenvalue weighted by Gasteiger charge is 2.38. The van der Waals surface area contributed by atoms with Gasteiger partial charge in [-0.05, 0) is 102 Å². The van der Waals surface area contributed by atoms with Gasteiger partial charge in [-0.3, -0.25) is 9.59 Å². The maximum atomic E-state index is 12.4. The third-order valence-corrected chi connectivity index (χ3v) is 7.76. The summed E-state index contributed by atoms with van der Waals surface area (Å²) in [7, 11) is 0. The van der Waals surface area contributed by atoms with E-state index < -0.39 is 17.2 Å². The Morgan fingerprint density at radius 3 is 2.44 bits per heavy atom. The monoisotopic (exact) mass is 553 g/mol. The predicted molar refractivity (Wildman–Crippen MR) is 150 cm³/mol. The van der Waals surface area contributed by atoms with Gasteiger partial charge >= 0.3 is 5.97 Å². The molecule has 0 bridgehead atoms. The van der Waals surface area contributed by atoms with Crippen LogP contribution in [0.3, 0.4) is 0 Å². The summed E-state index contributed by atoms with van der Waals surface area (Å²) in [6.07, 6.45) is 3.17. The van der Waals surface area contributed by atoms with Gasteiger partial charge in [0.05, 0.1) is 12.3 Å². The van der Waals surface area contributed by atoms with Crippen molar-refractivity contribution in [2.24, 2.45) is 0 Å². The van der Waals surface area contributed by atoms with E-state index in [1.807, 2.05) is 52.0 Å². The lowest BCUT2D eigenvalue weighted by Crippen LogP contribution is -2.43. The molecule has 1 atom stereocenters. The molecule has 9 heteroatoms. The van der Waals surface area contributed by atoms with Crippen molar-refractivity contribution < 1.29 is 33.3 Å². The zero-order valence-corrected chi connectivity index (χ0v) is 24.3. The summed E-state index contributed by atoms with van der Waals surface area (Å²) in [6.45, 7) is 13.9. The number of carbonyl (C=O) groups excluding carboxylic acids is 3. The molecule has 1 unspecified atom stereocenters. The molecule has 2 aromatic carbocycles. The zero-order chi connectivity index (χ0) is 28.5. The predicted octanol–water partition coefficient (Wildman–Crippen LogP) is 5.82. The van der Waals surface area contributed by atoms with E-state index in [2.05, 4.69) is 5.32 Å². The molecule has 0 saturated carbocycles. The Labute approximate surface area is 233 Å². The van der Waals surface area contributed by atoms with Crippen LogP contribution >= 0.6 is 11.8 Å². The topological polar surface area (TPSA) is 100 Å². The van der Waals surface area contributed by atoms with Crippen molar-refractivity contribution >= 4 is 34.2 Å². The molecule has 2 aromatic rings. The van der Waals surface area contributed by atoms with E-state index in [-0.39, 0.29) is 16.1 Å². The first-order valence-corrected chi connectivity index (χ1v) is 13.8. The molecular formula is C30H35NO7S. The second-order valence-corrected chi connectivity index (χ2v) is 11.6. The Hall–Kier alpha value is -3.46. The van der Waals surface area contributed by atoms with E-state index in [9.17, 15) is 14.4 Å². The van der Waals surface area contributed by atoms with Crippen molar-refractivity contribution in [3.8, 4) is 17.2 Å². The van der Waals surface area contributed by atoms with Crippen LogP contribution in [0.2, 0.25) is 0 Å². The van der Waals surface area contributed by atoms with Crippen molar-refractivity contribution in [1.29, 1.82) is 0 Å². The maximum Gasteiger partial charge on any atom is 0.349 e. The van der Waals surface area contributed by atoms with Crippen LogP contribution in [0.25, 0.3) is 6.08 Å². The smallest absolute Gasteiger partial charge is 0.349 e. The Kier molecular flexibility index (Phi) is 8.02. The SMILES string of the molecule is CCOC(=O)C(C)(C)Oc1c(C)c(C)c2c(c1C)CCC(C)(COc1ccc(C=C3NC(=O)SC3=O)cc1)O2. The van der Waals surface area contributed by atoms with Gasteiger partial charge in [0.15, 0.2) is 5.60 Å². The highest BCUT2D eigenvalue weighted by atomic mass is 32.2. The average molecular weight is 554 g/mol. The van der Waals surface area contributed by atoms with Gasteiger partial charge in [0.25, 0.3) is 5.24 Å². The molecule has 2 aliphatic heterocycles. The molecule has 39 heavy (non-hydrogen) atoms. The Morgan fingerprint density at radius 2 is 1.82 bits per heavy atom. The van der Waals surface area contributed by atoms with Gasteiger partial charge in [0, 0.05) is 17.3 Å². The standard InChI is InChI=1S/C30H35NO7S/c1-8-35-27(33)29(5,6)37-24-17(2)18(3)25-22(19(24)4)13-14-30(7,38-25)16-36-21-11-9-20(10-12-21)15-23-26(32)39-28(34)31-23/h9-12,15H,8,13-14,16H2,1-7H3,(H,31,34). The fourth-order valence-electron chi connectivity index (χ4n) is 4.62. The van der Waals surface area contributed by atoms with Gasteiger partial charge in [-0.2, -0.15) is 0 Å². The van der Waals surface area contributed by atoms with E-state index in [1.54, 1.807) is 26.8 Å². The van der Waals surface area contributed by atoms with Gasteiger partial charge in [-0.15, -0.1) is 0 Å². The maximum absolute atomic E-state index is 12.4. The largest absolute Gasteiger partial charge is 0.489 e. The quantitative estimate of drug-likeness (QED) is 0.323. The number of thioether (sulfide) groups is 1. The number of carbonyl (C=O) groups is 3. The fraction of sp³-hybridized carbons (Fsp3) is 0.433. The number of hydrogen-bond donors (Lipinski definition) is 1. The summed E-state index contributed by atoms with van der Waals surface area (Å²) < 4.78 is 24.1. The normalized spacial score (nSPS) is 19.8. The van der Waals surface area contributed by atoms with Crippen LogP contribution in [0.1, 0.15) is 61.9 Å². The first-order valence-electron chi connectivity index (χ1n) is 13.0. The molecule has 1 fully saturated rings. The van der Waals surface area contributed by atoms with Gasteiger partial charge in [-0.1, -0.05) is 12.1 Å². The molecule has 208 valence electrons. The third kappa shape index (κ3) is 6.08. The van der Waals surface area contributed by atoms with Crippen LogP contribution in [0.4, 0.5) is 4.79 Å². The summed E-state index contributed by atoms with van der Waals surface area (Å²) in [5.74, 6) is 1.81. The van der Waals surface area contributed by atoms with Crippen LogP contribution in [0.5, 0.6) is 17.2 Å². The molecule has 1 saturated heterocycles. The second kappa shape index (κ2) is 11.0. The van der Waals surface area contributed by atoms with Crippen LogP contribution in [0, 0.1) is 20.8 Å². The van der Waals surface area contributed by atoms with E-state index >= 15 is 0 Å². The fourth-order valence-corrected chi connectivity index (χ4v) is 5.17. The summed E-state index contributed by atoms with van der Waals surface area (Å²) in [5.41, 5.74) is 3.35. The first-order chi connectivity index (χ1) is 18.3. The lowest BCUT2D eigenvalue weighted by Gasteiger charge is -2.38. The number of hydrogen-bond acceptors (Lipinski definition) is 8. The summed E-state index contributed by atoms with van der Waals surface area (Å²) in [6, 6.07) is 7.32. The lowest BCUT2D eigenvalue weighted by molar-refractivity contribution is -0.158. The molecule has 0 aliphatic carbocycles. The minimum absolute atomic E-state index is 0.277. The Balaban J connectivity index is 1.47. The highest BCUT2D eigenvalue weighted by Crippen LogP contribution is 2.44. The summed E-state index contributed by atoms with van der Waals surface area (Å²) >= 11 is 0.657. The first kappa shape index (κ1) is 28.5. The summed E-state index contributed by atoms with van der Waals surface area (Å²) in [5, 5.41) is 1.89. The molecule has 0 radical (unpaired) electrons. The molecule has 1 N–H and O–H groups in total. The number of ether oxygens (including phenoxy) is 4. The number of rotatable bonds is 8. The highest BCUT2D eigenvalue weighted by molar-refractivity contribution is 8.27. The summed E-state index contributed by atoms with van der Waals surface area (Å²) in [4.78, 5) is 35.6. The van der Waals surface area contributed by atoms with Crippen molar-refractivity contribution in [3.63, 3.8) is 0 Å². The van der Waals surface area contributed by atoms with E-state index in [4.69, 9.17) is 18.9 Å². The Morgan fingerprint density at radius 1 is 1.13 bits per heavy atom. The molecule has 2 aliphatic rings. The van der Waals surface area contributed by atoms with Gasteiger partial charge < -0.3 is 24.3 Å². The van der Waals surface area contributed by atoms with Crippen LogP contribution < -0.4 is 19.5 Å². The van der Waals surface area contributed by atoms with E-state index in [1.165, 1.54) is 0 Å². The van der Waals surface area contributed by atoms with E-state index in [0.717, 1.165) is 46.4 Å². The molecule has 4 rings (SSSR count). The lowest BCUT2D eigenvalue weighted by atomic mass is 9.87. The average Bonchev–Trinajstić information content (AvgIpc) is 3.21. The minimum atomic E-state index is -1.12. The number of nitrogens with one attached hydrogen (secondary N) is 1. The molecule has 1 amide bonds. The Bertz CT molecular complexity index is 1350. The van der Waals surface area contributed by atoms with E-state index in [0.29, 0.717) is 36.5 Å². The van der Waals surface area contributed by atoms with Crippen molar-refractivity contribution in [2.75, 3.05) is 13.2 Å². The number of esters is 1. The van der Waals surface area contributed by atoms with Gasteiger partial charge in [0.1, 0.15) is 29.5 Å². The second-order valence-electron chi connectivity index (χ2n) is 10.6. The van der Waals surface area contributed by atoms with Crippen molar-refractivity contribution in [3.05, 3.63) is 57.8 Å². The van der Waals surface area contributed by atoms with Crippen molar-refractivity contribution in [2.45, 2.75) is 72.5 Å². The van der Waals surface area contributed by atoms with Crippen molar-refractivity contribution in [1.82, 2.24) is 5.32 Å². The molecule has 0 aromatic heterocycles. The minimum Gasteiger partial charge on any atom is -0.489 e. The van der Waals surface area contributed by atoms with Crippen LogP contribution in [-0.2, 0) is 20.7 Å². The molecule has 2 heterocycles. The third-order valence-electron chi connectivity index (χ3n) is 7.06. The number of amides is 1. The zero-order valence-electron chi connectivity index (χ0n) is 23.5. The molecule has 0 spiro atoms. The number of fused-ring (bicyclic) bond motifs is 1. The molecular weight excluding hydrogens is 518 g/mol. The molecule has 8 nitrogen and oxygen atoms in total. The number of benzene rings is 2. The van der Waals surface area contributed by atoms with Crippen LogP contribution in [0.15, 0.2) is 30.0 Å². The van der Waals surface area contributed by atoms with Gasteiger partial charge in [0.2, 0.25) is 5.12 Å². The van der Waals surface area contributed by atoms with Gasteiger partial charge in [-0.25, -0.2) is 4.79 Å². The van der Waals surface area contributed by atoms with Crippen LogP contribution in [-0.4, -0.2) is 40.7 Å².